The first-order valence-corrected chi connectivity index (χ1v) is 6.86. The van der Waals surface area contributed by atoms with E-state index < -0.39 is 0 Å². The van der Waals surface area contributed by atoms with Gasteiger partial charge in [0.05, 0.1) is 17.9 Å². The Balaban J connectivity index is 2.02. The van der Waals surface area contributed by atoms with Gasteiger partial charge in [-0.25, -0.2) is 4.98 Å². The van der Waals surface area contributed by atoms with E-state index in [2.05, 4.69) is 32.3 Å². The SMILES string of the molecule is Cc1cnc(C(=O)NCC(c2ccccc2)N(C)C)cn1. The lowest BCUT2D eigenvalue weighted by Gasteiger charge is -2.25. The Morgan fingerprint density at radius 2 is 1.90 bits per heavy atom. The molecule has 0 fully saturated rings. The van der Waals surface area contributed by atoms with Gasteiger partial charge in [-0.2, -0.15) is 0 Å². The Bertz CT molecular complexity index is 581. The maximum Gasteiger partial charge on any atom is 0.271 e. The van der Waals surface area contributed by atoms with Crippen molar-refractivity contribution in [2.75, 3.05) is 20.6 Å². The number of benzene rings is 1. The third-order valence-electron chi connectivity index (χ3n) is 3.28. The molecule has 0 saturated carbocycles. The van der Waals surface area contributed by atoms with Gasteiger partial charge in [0.1, 0.15) is 5.69 Å². The molecule has 1 atom stereocenters. The van der Waals surface area contributed by atoms with Crippen molar-refractivity contribution in [3.8, 4) is 0 Å². The number of nitrogens with one attached hydrogen (secondary N) is 1. The van der Waals surface area contributed by atoms with Gasteiger partial charge in [0.25, 0.3) is 5.91 Å². The minimum Gasteiger partial charge on any atom is -0.349 e. The van der Waals surface area contributed by atoms with Crippen LogP contribution in [0.15, 0.2) is 42.7 Å². The number of hydrogen-bond donors (Lipinski definition) is 1. The average molecular weight is 284 g/mol. The van der Waals surface area contributed by atoms with E-state index in [0.717, 1.165) is 11.3 Å². The zero-order chi connectivity index (χ0) is 15.2. The van der Waals surface area contributed by atoms with Crippen LogP contribution in [-0.2, 0) is 0 Å². The van der Waals surface area contributed by atoms with Crippen molar-refractivity contribution in [1.82, 2.24) is 20.2 Å². The molecule has 1 aromatic carbocycles. The fourth-order valence-electron chi connectivity index (χ4n) is 2.06. The second kappa shape index (κ2) is 6.95. The van der Waals surface area contributed by atoms with Crippen LogP contribution in [0.1, 0.15) is 27.8 Å². The first kappa shape index (κ1) is 15.1. The van der Waals surface area contributed by atoms with Gasteiger partial charge in [-0.05, 0) is 26.6 Å². The summed E-state index contributed by atoms with van der Waals surface area (Å²) < 4.78 is 0. The van der Waals surface area contributed by atoms with Gasteiger partial charge < -0.3 is 10.2 Å². The summed E-state index contributed by atoms with van der Waals surface area (Å²) in [6.07, 6.45) is 3.09. The highest BCUT2D eigenvalue weighted by atomic mass is 16.1. The van der Waals surface area contributed by atoms with Crippen LogP contribution >= 0.6 is 0 Å². The van der Waals surface area contributed by atoms with Crippen LogP contribution in [0.5, 0.6) is 0 Å². The van der Waals surface area contributed by atoms with Crippen molar-refractivity contribution in [1.29, 1.82) is 0 Å². The normalized spacial score (nSPS) is 12.2. The van der Waals surface area contributed by atoms with Crippen LogP contribution in [0.25, 0.3) is 0 Å². The molecule has 0 saturated heterocycles. The second-order valence-corrected chi connectivity index (χ2v) is 5.14. The molecule has 0 aliphatic carbocycles. The Morgan fingerprint density at radius 3 is 2.48 bits per heavy atom. The van der Waals surface area contributed by atoms with Crippen molar-refractivity contribution in [2.45, 2.75) is 13.0 Å². The van der Waals surface area contributed by atoms with Crippen molar-refractivity contribution in [2.24, 2.45) is 0 Å². The lowest BCUT2D eigenvalue weighted by atomic mass is 10.1. The predicted octanol–water partition coefficient (Wildman–Crippen LogP) is 1.82. The minimum absolute atomic E-state index is 0.119. The van der Waals surface area contributed by atoms with Crippen LogP contribution in [0, 0.1) is 6.92 Å². The minimum atomic E-state index is -0.203. The number of rotatable bonds is 5. The third-order valence-corrected chi connectivity index (χ3v) is 3.28. The molecule has 0 aliphatic heterocycles. The number of nitrogens with zero attached hydrogens (tertiary/aromatic N) is 3. The van der Waals surface area contributed by atoms with Crippen molar-refractivity contribution in [3.63, 3.8) is 0 Å². The molecule has 5 nitrogen and oxygen atoms in total. The molecule has 1 amide bonds. The van der Waals surface area contributed by atoms with Crippen LogP contribution < -0.4 is 5.32 Å². The quantitative estimate of drug-likeness (QED) is 0.910. The number of carbonyl (C=O) groups excluding carboxylic acids is 1. The summed E-state index contributed by atoms with van der Waals surface area (Å²) in [4.78, 5) is 22.3. The van der Waals surface area contributed by atoms with Crippen LogP contribution in [0.3, 0.4) is 0 Å². The number of likely N-dealkylation sites (N-methyl/N-ethyl adjacent to an activating group) is 1. The predicted molar refractivity (Wildman–Crippen MR) is 82.0 cm³/mol. The summed E-state index contributed by atoms with van der Waals surface area (Å²) >= 11 is 0. The van der Waals surface area contributed by atoms with E-state index in [9.17, 15) is 4.79 Å². The third kappa shape index (κ3) is 4.10. The summed E-state index contributed by atoms with van der Waals surface area (Å²) in [5, 5.41) is 2.92. The Labute approximate surface area is 125 Å². The summed E-state index contributed by atoms with van der Waals surface area (Å²) in [6.45, 7) is 2.36. The molecule has 1 N–H and O–H groups in total. The smallest absolute Gasteiger partial charge is 0.271 e. The number of amides is 1. The van der Waals surface area contributed by atoms with Crippen molar-refractivity contribution in [3.05, 3.63) is 59.7 Å². The first-order chi connectivity index (χ1) is 10.1. The maximum atomic E-state index is 12.1. The monoisotopic (exact) mass is 284 g/mol. The van der Waals surface area contributed by atoms with Gasteiger partial charge in [0, 0.05) is 12.7 Å². The van der Waals surface area contributed by atoms with Crippen LogP contribution in [-0.4, -0.2) is 41.4 Å². The molecular formula is C16H20N4O. The molecular weight excluding hydrogens is 264 g/mol. The molecule has 110 valence electrons. The van der Waals surface area contributed by atoms with Gasteiger partial charge in [-0.1, -0.05) is 30.3 Å². The van der Waals surface area contributed by atoms with Gasteiger partial charge in [0.15, 0.2) is 0 Å². The van der Waals surface area contributed by atoms with Gasteiger partial charge in [0.2, 0.25) is 0 Å². The summed E-state index contributed by atoms with van der Waals surface area (Å²) in [5.41, 5.74) is 2.30. The fraction of sp³-hybridized carbons (Fsp3) is 0.312. The molecule has 0 radical (unpaired) electrons. The van der Waals surface area contributed by atoms with Crippen molar-refractivity contribution >= 4 is 5.91 Å². The lowest BCUT2D eigenvalue weighted by molar-refractivity contribution is 0.0936. The Hall–Kier alpha value is -2.27. The fourth-order valence-corrected chi connectivity index (χ4v) is 2.06. The highest BCUT2D eigenvalue weighted by molar-refractivity contribution is 5.91. The van der Waals surface area contributed by atoms with E-state index in [4.69, 9.17) is 0 Å². The molecule has 1 heterocycles. The molecule has 0 aliphatic rings. The van der Waals surface area contributed by atoms with Crippen LogP contribution in [0.2, 0.25) is 0 Å². The second-order valence-electron chi connectivity index (χ2n) is 5.14. The topological polar surface area (TPSA) is 58.1 Å². The number of aryl methyl sites for hydroxylation is 1. The molecule has 0 spiro atoms. The highest BCUT2D eigenvalue weighted by Crippen LogP contribution is 2.16. The maximum absolute atomic E-state index is 12.1. The molecule has 2 rings (SSSR count). The molecule has 1 aromatic heterocycles. The van der Waals surface area contributed by atoms with E-state index >= 15 is 0 Å². The molecule has 1 unspecified atom stereocenters. The van der Waals surface area contributed by atoms with E-state index in [1.54, 1.807) is 6.20 Å². The zero-order valence-electron chi connectivity index (χ0n) is 12.6. The number of carbonyl (C=O) groups is 1. The molecule has 5 heteroatoms. The van der Waals surface area contributed by atoms with E-state index in [1.807, 2.05) is 39.2 Å². The molecule has 0 bridgehead atoms. The van der Waals surface area contributed by atoms with E-state index in [1.165, 1.54) is 6.20 Å². The standard InChI is InChI=1S/C16H20N4O/c1-12-9-18-14(10-17-12)16(21)19-11-15(20(2)3)13-7-5-4-6-8-13/h4-10,15H,11H2,1-3H3,(H,19,21). The highest BCUT2D eigenvalue weighted by Gasteiger charge is 2.16. The summed E-state index contributed by atoms with van der Waals surface area (Å²) in [5.74, 6) is -0.203. The molecule has 2 aromatic rings. The largest absolute Gasteiger partial charge is 0.349 e. The van der Waals surface area contributed by atoms with E-state index in [-0.39, 0.29) is 11.9 Å². The average Bonchev–Trinajstić information content (AvgIpc) is 2.48. The zero-order valence-corrected chi connectivity index (χ0v) is 12.6. The summed E-state index contributed by atoms with van der Waals surface area (Å²) in [6, 6.07) is 10.2. The van der Waals surface area contributed by atoms with Gasteiger partial charge in [-0.15, -0.1) is 0 Å². The lowest BCUT2D eigenvalue weighted by Crippen LogP contribution is -2.34. The number of aromatic nitrogens is 2. The number of hydrogen-bond acceptors (Lipinski definition) is 4. The van der Waals surface area contributed by atoms with E-state index in [0.29, 0.717) is 12.2 Å². The van der Waals surface area contributed by atoms with Gasteiger partial charge in [-0.3, -0.25) is 9.78 Å². The Morgan fingerprint density at radius 1 is 1.19 bits per heavy atom. The first-order valence-electron chi connectivity index (χ1n) is 6.86. The molecule has 21 heavy (non-hydrogen) atoms. The van der Waals surface area contributed by atoms with Crippen LogP contribution in [0.4, 0.5) is 0 Å². The summed E-state index contributed by atoms with van der Waals surface area (Å²) in [7, 11) is 3.99. The van der Waals surface area contributed by atoms with Crippen molar-refractivity contribution < 1.29 is 4.79 Å². The van der Waals surface area contributed by atoms with Gasteiger partial charge >= 0.3 is 0 Å². The Kier molecular flexibility index (Phi) is 5.00.